The molecule has 0 aliphatic heterocycles. The molecule has 0 amide bonds. The summed E-state index contributed by atoms with van der Waals surface area (Å²) in [5, 5.41) is 10.5. The highest BCUT2D eigenvalue weighted by Crippen LogP contribution is 2.45. The summed E-state index contributed by atoms with van der Waals surface area (Å²) in [4.78, 5) is 72.0. The Labute approximate surface area is 492 Å². The first kappa shape index (κ1) is 79.1. The van der Waals surface area contributed by atoms with Gasteiger partial charge in [0.2, 0.25) is 0 Å². The molecule has 0 aromatic carbocycles. The Morgan fingerprint density at radius 1 is 0.333 bits per heavy atom. The number of hydrogen-bond donors (Lipinski definition) is 3. The smallest absolute Gasteiger partial charge is 0.462 e. The van der Waals surface area contributed by atoms with Crippen LogP contribution in [0.15, 0.2) is 0 Å². The van der Waals surface area contributed by atoms with E-state index in [1.807, 2.05) is 0 Å². The standard InChI is InChI=1S/C62H120O17P2/c1-7-9-11-13-15-17-21-25-32-38-44-59(64)72-50-57(78-62(67)47-41-35-27-23-19-20-24-30-36-42-54(3)4)52-76-80(68,69)74-48-56(63)49-75-81(70,71)77-53-58(51-73-60(65)45-39-33-29-28-31-37-43-55(5)6)79-61(66)46-40-34-26-22-18-16-14-12-10-8-2/h54-58,63H,7-53H2,1-6H3,(H,68,69)(H,70,71)/t56-,57-,58-/m1/s1. The Bertz CT molecular complexity index is 1600. The SMILES string of the molecule is CCCCCCCCCCCCC(=O)OC[C@H](COP(=O)(O)OC[C@@H](O)COP(=O)(O)OC[C@@H](COC(=O)CCCCCCCCC(C)C)OC(=O)CCCCCCCCCCCC)OC(=O)CCCCCCCCCCCC(C)C. The van der Waals surface area contributed by atoms with Crippen molar-refractivity contribution in [1.29, 1.82) is 0 Å². The molecule has 2 unspecified atom stereocenters. The van der Waals surface area contributed by atoms with Gasteiger partial charge in [-0.2, -0.15) is 0 Å². The highest BCUT2D eigenvalue weighted by molar-refractivity contribution is 7.47. The first-order valence-corrected chi connectivity index (χ1v) is 35.5. The van der Waals surface area contributed by atoms with Crippen LogP contribution in [0, 0.1) is 11.8 Å². The third kappa shape index (κ3) is 56.9. The molecule has 19 heteroatoms. The molecule has 3 N–H and O–H groups in total. The second-order valence-electron chi connectivity index (χ2n) is 23.4. The van der Waals surface area contributed by atoms with E-state index in [4.69, 9.17) is 37.0 Å². The van der Waals surface area contributed by atoms with Gasteiger partial charge in [0.15, 0.2) is 12.2 Å². The average Bonchev–Trinajstić information content (AvgIpc) is 3.42. The van der Waals surface area contributed by atoms with Crippen molar-refractivity contribution in [2.45, 2.75) is 323 Å². The molecule has 0 spiro atoms. The zero-order valence-electron chi connectivity index (χ0n) is 52.1. The summed E-state index contributed by atoms with van der Waals surface area (Å²) in [6.07, 6.45) is 36.3. The van der Waals surface area contributed by atoms with Gasteiger partial charge in [0.1, 0.15) is 19.3 Å². The Morgan fingerprint density at radius 2 is 0.568 bits per heavy atom. The van der Waals surface area contributed by atoms with Crippen LogP contribution < -0.4 is 0 Å². The van der Waals surface area contributed by atoms with E-state index in [-0.39, 0.29) is 25.7 Å². The number of aliphatic hydroxyl groups is 1. The number of aliphatic hydroxyl groups excluding tert-OH is 1. The molecule has 5 atom stereocenters. The Hall–Kier alpha value is -1.94. The summed E-state index contributed by atoms with van der Waals surface area (Å²) in [5.41, 5.74) is 0. The summed E-state index contributed by atoms with van der Waals surface area (Å²) >= 11 is 0. The lowest BCUT2D eigenvalue weighted by Crippen LogP contribution is -2.30. The molecular formula is C62H120O17P2. The van der Waals surface area contributed by atoms with Crippen LogP contribution in [0.3, 0.4) is 0 Å². The minimum Gasteiger partial charge on any atom is -0.462 e. The molecule has 0 saturated heterocycles. The maximum Gasteiger partial charge on any atom is 0.472 e. The summed E-state index contributed by atoms with van der Waals surface area (Å²) in [6.45, 7) is 9.36. The second kappa shape index (κ2) is 54.7. The largest absolute Gasteiger partial charge is 0.472 e. The number of phosphoric acid groups is 2. The number of hydrogen-bond acceptors (Lipinski definition) is 15. The minimum atomic E-state index is -4.94. The van der Waals surface area contributed by atoms with Crippen LogP contribution in [0.5, 0.6) is 0 Å². The van der Waals surface area contributed by atoms with E-state index >= 15 is 0 Å². The van der Waals surface area contributed by atoms with Crippen LogP contribution in [0.2, 0.25) is 0 Å². The van der Waals surface area contributed by atoms with E-state index in [1.54, 1.807) is 0 Å². The molecule has 0 radical (unpaired) electrons. The van der Waals surface area contributed by atoms with E-state index in [9.17, 15) is 43.2 Å². The molecule has 0 aromatic rings. The molecule has 0 heterocycles. The Balaban J connectivity index is 5.24. The molecule has 480 valence electrons. The quantitative estimate of drug-likeness (QED) is 0.0222. The van der Waals surface area contributed by atoms with Crippen molar-refractivity contribution in [3.8, 4) is 0 Å². The molecule has 0 aliphatic carbocycles. The summed E-state index contributed by atoms with van der Waals surface area (Å²) < 4.78 is 67.9. The maximum absolute atomic E-state index is 12.9. The van der Waals surface area contributed by atoms with Crippen LogP contribution in [-0.2, 0) is 65.4 Å². The van der Waals surface area contributed by atoms with Crippen molar-refractivity contribution in [1.82, 2.24) is 0 Å². The fraction of sp³-hybridized carbons (Fsp3) is 0.935. The average molecular weight is 1200 g/mol. The van der Waals surface area contributed by atoms with Gasteiger partial charge in [0.25, 0.3) is 0 Å². The van der Waals surface area contributed by atoms with Gasteiger partial charge in [-0.25, -0.2) is 9.13 Å². The minimum absolute atomic E-state index is 0.105. The van der Waals surface area contributed by atoms with Crippen molar-refractivity contribution in [3.05, 3.63) is 0 Å². The lowest BCUT2D eigenvalue weighted by Gasteiger charge is -2.21. The van der Waals surface area contributed by atoms with Crippen LogP contribution >= 0.6 is 15.6 Å². The Kier molecular flexibility index (Phi) is 53.4. The summed E-state index contributed by atoms with van der Waals surface area (Å²) in [7, 11) is -9.88. The first-order valence-electron chi connectivity index (χ1n) is 32.5. The fourth-order valence-electron chi connectivity index (χ4n) is 9.18. The number of ether oxygens (including phenoxy) is 4. The van der Waals surface area contributed by atoms with Crippen molar-refractivity contribution in [3.63, 3.8) is 0 Å². The van der Waals surface area contributed by atoms with Crippen molar-refractivity contribution in [2.75, 3.05) is 39.6 Å². The van der Waals surface area contributed by atoms with Gasteiger partial charge in [0.05, 0.1) is 26.4 Å². The molecule has 0 bridgehead atoms. The number of esters is 4. The summed E-state index contributed by atoms with van der Waals surface area (Å²) in [6, 6.07) is 0. The number of rotatable bonds is 61. The van der Waals surface area contributed by atoms with Gasteiger partial charge in [0, 0.05) is 25.7 Å². The predicted molar refractivity (Wildman–Crippen MR) is 321 cm³/mol. The van der Waals surface area contributed by atoms with E-state index in [0.29, 0.717) is 31.6 Å². The monoisotopic (exact) mass is 1200 g/mol. The molecule has 0 rings (SSSR count). The molecule has 0 aliphatic rings. The van der Waals surface area contributed by atoms with Crippen molar-refractivity contribution in [2.24, 2.45) is 11.8 Å². The van der Waals surface area contributed by atoms with Gasteiger partial charge in [-0.15, -0.1) is 0 Å². The van der Waals surface area contributed by atoms with Gasteiger partial charge >= 0.3 is 39.5 Å². The van der Waals surface area contributed by atoms with Gasteiger partial charge in [-0.3, -0.25) is 37.3 Å². The van der Waals surface area contributed by atoms with Crippen LogP contribution in [0.1, 0.15) is 305 Å². The van der Waals surface area contributed by atoms with Crippen molar-refractivity contribution >= 4 is 39.5 Å². The van der Waals surface area contributed by atoms with E-state index in [1.165, 1.54) is 116 Å². The molecule has 17 nitrogen and oxygen atoms in total. The van der Waals surface area contributed by atoms with E-state index in [2.05, 4.69) is 41.5 Å². The zero-order valence-corrected chi connectivity index (χ0v) is 53.9. The normalized spacial score (nSPS) is 14.4. The van der Waals surface area contributed by atoms with Crippen molar-refractivity contribution < 1.29 is 80.2 Å². The number of carbonyl (C=O) groups is 4. The molecular weight excluding hydrogens is 1080 g/mol. The highest BCUT2D eigenvalue weighted by Gasteiger charge is 2.30. The van der Waals surface area contributed by atoms with E-state index < -0.39 is 97.5 Å². The van der Waals surface area contributed by atoms with Gasteiger partial charge in [-0.1, -0.05) is 253 Å². The number of unbranched alkanes of at least 4 members (excludes halogenated alkanes) is 31. The lowest BCUT2D eigenvalue weighted by molar-refractivity contribution is -0.161. The zero-order chi connectivity index (χ0) is 60.1. The third-order valence-corrected chi connectivity index (χ3v) is 16.1. The molecule has 81 heavy (non-hydrogen) atoms. The Morgan fingerprint density at radius 3 is 0.840 bits per heavy atom. The first-order chi connectivity index (χ1) is 38.9. The molecule has 0 aromatic heterocycles. The highest BCUT2D eigenvalue weighted by atomic mass is 31.2. The van der Waals surface area contributed by atoms with Crippen LogP contribution in [0.25, 0.3) is 0 Å². The van der Waals surface area contributed by atoms with Gasteiger partial charge in [-0.05, 0) is 37.5 Å². The summed E-state index contributed by atoms with van der Waals surface area (Å²) in [5.74, 6) is -0.722. The molecule has 0 saturated carbocycles. The lowest BCUT2D eigenvalue weighted by atomic mass is 10.0. The maximum atomic E-state index is 12.9. The fourth-order valence-corrected chi connectivity index (χ4v) is 10.8. The third-order valence-electron chi connectivity index (χ3n) is 14.2. The van der Waals surface area contributed by atoms with E-state index in [0.717, 1.165) is 102 Å². The topological polar surface area (TPSA) is 237 Å². The molecule has 0 fully saturated rings. The van der Waals surface area contributed by atoms with Crippen LogP contribution in [0.4, 0.5) is 0 Å². The van der Waals surface area contributed by atoms with Gasteiger partial charge < -0.3 is 33.8 Å². The number of phosphoric ester groups is 2. The second-order valence-corrected chi connectivity index (χ2v) is 26.3. The predicted octanol–water partition coefficient (Wildman–Crippen LogP) is 16.9. The van der Waals surface area contributed by atoms with Crippen LogP contribution in [-0.4, -0.2) is 96.7 Å². The number of carbonyl (C=O) groups excluding carboxylic acids is 4.